The number of hydrogen-bond acceptors (Lipinski definition) is 4. The predicted octanol–water partition coefficient (Wildman–Crippen LogP) is 1.57. The number of hydrogen-bond donors (Lipinski definition) is 2. The van der Waals surface area contributed by atoms with Crippen LogP contribution in [0.15, 0.2) is 23.8 Å². The monoisotopic (exact) mass is 278 g/mol. The standard InChI is InChI=1S/C16H22O4/c1-8-6-12-13(9(2)15(19)20-12)14(18)10-7-16(10,3)5-4-11(8)17/h6,10-14,17-18H,2,4-5,7H2,1,3H3/b8-6-/t10-,11+,12+,13-,14+,16+/m1/s1. The van der Waals surface area contributed by atoms with Crippen LogP contribution in [0.3, 0.4) is 0 Å². The fourth-order valence-electron chi connectivity index (χ4n) is 3.72. The summed E-state index contributed by atoms with van der Waals surface area (Å²) in [6.07, 6.45) is 2.70. The fraction of sp³-hybridized carbons (Fsp3) is 0.688. The van der Waals surface area contributed by atoms with Crippen LogP contribution in [0.25, 0.3) is 0 Å². The van der Waals surface area contributed by atoms with Gasteiger partial charge in [0.2, 0.25) is 0 Å². The molecule has 0 spiro atoms. The largest absolute Gasteiger partial charge is 0.454 e. The Morgan fingerprint density at radius 3 is 2.85 bits per heavy atom. The van der Waals surface area contributed by atoms with Gasteiger partial charge in [-0.05, 0) is 49.2 Å². The summed E-state index contributed by atoms with van der Waals surface area (Å²) in [5, 5.41) is 20.8. The van der Waals surface area contributed by atoms with E-state index in [0.29, 0.717) is 12.0 Å². The van der Waals surface area contributed by atoms with E-state index in [1.54, 1.807) is 6.08 Å². The molecule has 1 saturated carbocycles. The second-order valence-corrected chi connectivity index (χ2v) is 6.84. The molecule has 1 aliphatic heterocycles. The van der Waals surface area contributed by atoms with Crippen LogP contribution in [0.4, 0.5) is 0 Å². The van der Waals surface area contributed by atoms with Crippen LogP contribution < -0.4 is 0 Å². The summed E-state index contributed by atoms with van der Waals surface area (Å²) in [5.41, 5.74) is 1.22. The quantitative estimate of drug-likeness (QED) is 0.401. The number of carbonyl (C=O) groups is 1. The van der Waals surface area contributed by atoms with Crippen LogP contribution in [0, 0.1) is 17.3 Å². The number of carbonyl (C=O) groups excluding carboxylic acids is 1. The number of esters is 1. The van der Waals surface area contributed by atoms with Gasteiger partial charge in [-0.3, -0.25) is 0 Å². The third kappa shape index (κ3) is 2.02. The number of fused-ring (bicyclic) bond motifs is 2. The average molecular weight is 278 g/mol. The van der Waals surface area contributed by atoms with Crippen molar-refractivity contribution >= 4 is 5.97 Å². The predicted molar refractivity (Wildman–Crippen MR) is 73.7 cm³/mol. The molecule has 0 bridgehead atoms. The molecule has 2 N–H and O–H groups in total. The topological polar surface area (TPSA) is 66.8 Å². The highest BCUT2D eigenvalue weighted by molar-refractivity contribution is 5.91. The normalized spacial score (nSPS) is 50.6. The molecule has 110 valence electrons. The molecule has 3 rings (SSSR count). The van der Waals surface area contributed by atoms with Crippen molar-refractivity contribution in [2.45, 2.75) is 51.4 Å². The van der Waals surface area contributed by atoms with E-state index in [9.17, 15) is 15.0 Å². The van der Waals surface area contributed by atoms with E-state index in [1.165, 1.54) is 0 Å². The van der Waals surface area contributed by atoms with Crippen molar-refractivity contribution in [1.82, 2.24) is 0 Å². The van der Waals surface area contributed by atoms with Gasteiger partial charge in [0.25, 0.3) is 0 Å². The molecule has 0 unspecified atom stereocenters. The van der Waals surface area contributed by atoms with Gasteiger partial charge < -0.3 is 14.9 Å². The zero-order chi connectivity index (χ0) is 14.7. The molecule has 4 heteroatoms. The van der Waals surface area contributed by atoms with Gasteiger partial charge in [0.1, 0.15) is 6.10 Å². The Morgan fingerprint density at radius 1 is 1.45 bits per heavy atom. The van der Waals surface area contributed by atoms with Crippen LogP contribution in [0.1, 0.15) is 33.1 Å². The van der Waals surface area contributed by atoms with Gasteiger partial charge in [-0.15, -0.1) is 0 Å². The summed E-state index contributed by atoms with van der Waals surface area (Å²) in [7, 11) is 0. The van der Waals surface area contributed by atoms with Crippen molar-refractivity contribution in [3.8, 4) is 0 Å². The van der Waals surface area contributed by atoms with Gasteiger partial charge in [0.15, 0.2) is 0 Å². The summed E-state index contributed by atoms with van der Waals surface area (Å²) in [5.74, 6) is -0.644. The second kappa shape index (κ2) is 4.43. The van der Waals surface area contributed by atoms with Crippen molar-refractivity contribution in [3.05, 3.63) is 23.8 Å². The number of aliphatic hydroxyl groups excluding tert-OH is 2. The van der Waals surface area contributed by atoms with Gasteiger partial charge in [0, 0.05) is 5.57 Å². The van der Waals surface area contributed by atoms with Gasteiger partial charge in [-0.25, -0.2) is 4.79 Å². The molecule has 0 amide bonds. The molecular formula is C16H22O4. The first kappa shape index (κ1) is 13.8. The van der Waals surface area contributed by atoms with E-state index in [-0.39, 0.29) is 17.3 Å². The minimum absolute atomic E-state index is 0.0640. The summed E-state index contributed by atoms with van der Waals surface area (Å²) in [4.78, 5) is 11.7. The molecule has 2 aliphatic carbocycles. The molecule has 0 aromatic heterocycles. The maximum atomic E-state index is 11.7. The Bertz CT molecular complexity index is 495. The lowest BCUT2D eigenvalue weighted by atomic mass is 9.82. The number of rotatable bonds is 0. The minimum atomic E-state index is -0.594. The molecule has 1 saturated heterocycles. The number of ether oxygens (including phenoxy) is 1. The molecule has 20 heavy (non-hydrogen) atoms. The Balaban J connectivity index is 1.97. The van der Waals surface area contributed by atoms with Crippen molar-refractivity contribution in [2.75, 3.05) is 0 Å². The molecule has 3 aliphatic rings. The van der Waals surface area contributed by atoms with E-state index in [1.807, 2.05) is 6.92 Å². The fourth-order valence-corrected chi connectivity index (χ4v) is 3.72. The highest BCUT2D eigenvalue weighted by atomic mass is 16.6. The van der Waals surface area contributed by atoms with Crippen molar-refractivity contribution in [1.29, 1.82) is 0 Å². The maximum Gasteiger partial charge on any atom is 0.334 e. The summed E-state index contributed by atoms with van der Waals surface area (Å²) in [6.45, 7) is 7.78. The second-order valence-electron chi connectivity index (χ2n) is 6.84. The van der Waals surface area contributed by atoms with E-state index in [0.717, 1.165) is 18.4 Å². The van der Waals surface area contributed by atoms with Crippen molar-refractivity contribution in [3.63, 3.8) is 0 Å². The first-order valence-electron chi connectivity index (χ1n) is 7.28. The lowest BCUT2D eigenvalue weighted by molar-refractivity contribution is -0.137. The van der Waals surface area contributed by atoms with Crippen LogP contribution in [0.5, 0.6) is 0 Å². The van der Waals surface area contributed by atoms with Crippen LogP contribution >= 0.6 is 0 Å². The zero-order valence-electron chi connectivity index (χ0n) is 12.0. The van der Waals surface area contributed by atoms with Gasteiger partial charge in [-0.2, -0.15) is 0 Å². The SMILES string of the molecule is C=C1C(=O)O[C@H]2/C=C(/C)[C@@H](O)CC[C@@]3(C)C[C@@H]3[C@H](O)[C@H]12. The molecule has 0 aromatic carbocycles. The molecule has 0 radical (unpaired) electrons. The number of aliphatic hydroxyl groups is 2. The van der Waals surface area contributed by atoms with E-state index < -0.39 is 24.3 Å². The zero-order valence-corrected chi connectivity index (χ0v) is 12.0. The molecule has 1 heterocycles. The van der Waals surface area contributed by atoms with E-state index in [4.69, 9.17) is 4.74 Å². The Morgan fingerprint density at radius 2 is 2.15 bits per heavy atom. The Labute approximate surface area is 119 Å². The molecule has 4 nitrogen and oxygen atoms in total. The summed E-state index contributed by atoms with van der Waals surface area (Å²) < 4.78 is 5.31. The molecule has 2 fully saturated rings. The average Bonchev–Trinajstić information content (AvgIpc) is 2.99. The molecule has 6 atom stereocenters. The smallest absolute Gasteiger partial charge is 0.334 e. The summed E-state index contributed by atoms with van der Waals surface area (Å²) in [6, 6.07) is 0. The van der Waals surface area contributed by atoms with Gasteiger partial charge in [0.05, 0.1) is 18.1 Å². The third-order valence-electron chi connectivity index (χ3n) is 5.40. The van der Waals surface area contributed by atoms with Gasteiger partial charge in [-0.1, -0.05) is 13.5 Å². The van der Waals surface area contributed by atoms with Crippen LogP contribution in [-0.2, 0) is 9.53 Å². The lowest BCUT2D eigenvalue weighted by Crippen LogP contribution is -2.33. The van der Waals surface area contributed by atoms with Crippen molar-refractivity contribution in [2.24, 2.45) is 17.3 Å². The van der Waals surface area contributed by atoms with Crippen LogP contribution in [0.2, 0.25) is 0 Å². The van der Waals surface area contributed by atoms with Gasteiger partial charge >= 0.3 is 5.97 Å². The highest BCUT2D eigenvalue weighted by Crippen LogP contribution is 2.60. The summed E-state index contributed by atoms with van der Waals surface area (Å²) >= 11 is 0. The first-order chi connectivity index (χ1) is 9.33. The Hall–Kier alpha value is -1.13. The third-order valence-corrected chi connectivity index (χ3v) is 5.40. The van der Waals surface area contributed by atoms with Crippen molar-refractivity contribution < 1.29 is 19.7 Å². The first-order valence-corrected chi connectivity index (χ1v) is 7.28. The minimum Gasteiger partial charge on any atom is -0.454 e. The van der Waals surface area contributed by atoms with Crippen LogP contribution in [-0.4, -0.2) is 34.5 Å². The van der Waals surface area contributed by atoms with E-state index in [2.05, 4.69) is 13.5 Å². The lowest BCUT2D eigenvalue weighted by Gasteiger charge is -2.26. The molecular weight excluding hydrogens is 256 g/mol. The highest BCUT2D eigenvalue weighted by Gasteiger charge is 2.58. The Kier molecular flexibility index (Phi) is 3.07. The van der Waals surface area contributed by atoms with E-state index >= 15 is 0 Å². The maximum absolute atomic E-state index is 11.7. The molecule has 0 aromatic rings.